The van der Waals surface area contributed by atoms with E-state index in [-0.39, 0.29) is 19.0 Å². The molecule has 0 radical (unpaired) electrons. The Balaban J connectivity index is 1.49. The third kappa shape index (κ3) is 4.76. The van der Waals surface area contributed by atoms with Crippen molar-refractivity contribution in [3.63, 3.8) is 0 Å². The first-order chi connectivity index (χ1) is 13.1. The Morgan fingerprint density at radius 2 is 2.22 bits per heavy atom. The summed E-state index contributed by atoms with van der Waals surface area (Å²) >= 11 is 1.28. The van der Waals surface area contributed by atoms with Crippen molar-refractivity contribution < 1.29 is 23.8 Å². The maximum Gasteiger partial charge on any atom is 0.358 e. The number of ether oxygens (including phenoxy) is 3. The van der Waals surface area contributed by atoms with Crippen LogP contribution in [0.3, 0.4) is 0 Å². The van der Waals surface area contributed by atoms with Crippen molar-refractivity contribution in [2.24, 2.45) is 0 Å². The number of hydrogen-bond acceptors (Lipinski definition) is 8. The van der Waals surface area contributed by atoms with Crippen molar-refractivity contribution in [1.82, 2.24) is 10.3 Å². The summed E-state index contributed by atoms with van der Waals surface area (Å²) in [5, 5.41) is 7.87. The third-order valence-corrected chi connectivity index (χ3v) is 4.47. The summed E-state index contributed by atoms with van der Waals surface area (Å²) in [5.74, 6) is 0.271. The van der Waals surface area contributed by atoms with Crippen LogP contribution >= 0.6 is 11.3 Å². The predicted molar refractivity (Wildman–Crippen MR) is 100 cm³/mol. The molecule has 1 aromatic heterocycles. The molecule has 1 aromatic carbocycles. The molecule has 0 saturated carbocycles. The van der Waals surface area contributed by atoms with Crippen molar-refractivity contribution in [2.75, 3.05) is 18.7 Å². The van der Waals surface area contributed by atoms with Gasteiger partial charge < -0.3 is 24.8 Å². The number of benzene rings is 1. The number of carbonyl (C=O) groups excluding carboxylic acids is 2. The van der Waals surface area contributed by atoms with E-state index in [4.69, 9.17) is 14.2 Å². The molecular formula is C18H19N3O5S. The van der Waals surface area contributed by atoms with Crippen LogP contribution in [0.25, 0.3) is 0 Å². The number of aromatic nitrogens is 1. The molecular weight excluding hydrogens is 370 g/mol. The van der Waals surface area contributed by atoms with Gasteiger partial charge in [-0.25, -0.2) is 9.78 Å². The topological polar surface area (TPSA) is 98.8 Å². The van der Waals surface area contributed by atoms with E-state index in [1.165, 1.54) is 18.3 Å². The standard InChI is InChI=1S/C18H19N3O5S/c1-3-6-19-18-21-13(9-27-18)17(23)26-11(2)16(22)20-8-12-4-5-14-15(7-12)25-10-24-14/h3-5,7,9,11H,1,6,8,10H2,2H3,(H,19,21)(H,20,22)/t11-/m0/s1. The first-order valence-corrected chi connectivity index (χ1v) is 9.12. The molecule has 27 heavy (non-hydrogen) atoms. The number of nitrogens with one attached hydrogen (secondary N) is 2. The van der Waals surface area contributed by atoms with E-state index in [9.17, 15) is 9.59 Å². The molecule has 0 saturated heterocycles. The molecule has 0 fully saturated rings. The number of carbonyl (C=O) groups is 2. The Morgan fingerprint density at radius 3 is 3.04 bits per heavy atom. The minimum Gasteiger partial charge on any atom is -0.454 e. The summed E-state index contributed by atoms with van der Waals surface area (Å²) in [4.78, 5) is 28.4. The van der Waals surface area contributed by atoms with E-state index in [2.05, 4.69) is 22.2 Å². The fraction of sp³-hybridized carbons (Fsp3) is 0.278. The molecule has 1 aliphatic heterocycles. The van der Waals surface area contributed by atoms with E-state index >= 15 is 0 Å². The molecule has 1 aliphatic rings. The average Bonchev–Trinajstić information content (AvgIpc) is 3.33. The van der Waals surface area contributed by atoms with Gasteiger partial charge in [0.25, 0.3) is 5.91 Å². The van der Waals surface area contributed by atoms with Crippen molar-refractivity contribution in [3.05, 3.63) is 47.5 Å². The van der Waals surface area contributed by atoms with Crippen LogP contribution < -0.4 is 20.1 Å². The van der Waals surface area contributed by atoms with E-state index in [0.717, 1.165) is 5.56 Å². The molecule has 0 unspecified atom stereocenters. The van der Waals surface area contributed by atoms with Crippen LogP contribution in [0.1, 0.15) is 23.0 Å². The van der Waals surface area contributed by atoms with E-state index < -0.39 is 18.0 Å². The van der Waals surface area contributed by atoms with E-state index in [0.29, 0.717) is 23.2 Å². The highest BCUT2D eigenvalue weighted by Gasteiger charge is 2.21. The van der Waals surface area contributed by atoms with E-state index in [1.807, 2.05) is 6.07 Å². The zero-order valence-electron chi connectivity index (χ0n) is 14.7. The Morgan fingerprint density at radius 1 is 1.41 bits per heavy atom. The van der Waals surface area contributed by atoms with E-state index in [1.54, 1.807) is 23.6 Å². The van der Waals surface area contributed by atoms with Gasteiger partial charge in [0.15, 0.2) is 28.4 Å². The number of amides is 1. The molecule has 2 aromatic rings. The number of anilines is 1. The van der Waals surface area contributed by atoms with Gasteiger partial charge in [-0.3, -0.25) is 4.79 Å². The molecule has 1 atom stereocenters. The average molecular weight is 389 g/mol. The van der Waals surface area contributed by atoms with Gasteiger partial charge in [0.2, 0.25) is 6.79 Å². The van der Waals surface area contributed by atoms with Crippen LogP contribution in [0.5, 0.6) is 11.5 Å². The van der Waals surface area contributed by atoms with Gasteiger partial charge in [0, 0.05) is 18.5 Å². The number of fused-ring (bicyclic) bond motifs is 1. The highest BCUT2D eigenvalue weighted by atomic mass is 32.1. The summed E-state index contributed by atoms with van der Waals surface area (Å²) in [6, 6.07) is 5.41. The molecule has 0 aliphatic carbocycles. The van der Waals surface area contributed by atoms with Crippen LogP contribution in [0.4, 0.5) is 5.13 Å². The van der Waals surface area contributed by atoms with Crippen LogP contribution in [0, 0.1) is 0 Å². The number of esters is 1. The maximum absolute atomic E-state index is 12.2. The lowest BCUT2D eigenvalue weighted by Crippen LogP contribution is -2.35. The first-order valence-electron chi connectivity index (χ1n) is 8.24. The summed E-state index contributed by atoms with van der Waals surface area (Å²) in [6.45, 7) is 6.13. The Labute approximate surface area is 160 Å². The number of thiazole rings is 1. The third-order valence-electron chi connectivity index (χ3n) is 3.67. The van der Waals surface area contributed by atoms with Crippen molar-refractivity contribution in [2.45, 2.75) is 19.6 Å². The number of rotatable bonds is 8. The number of nitrogens with zero attached hydrogens (tertiary/aromatic N) is 1. The zero-order chi connectivity index (χ0) is 19.2. The lowest BCUT2D eigenvalue weighted by molar-refractivity contribution is -0.129. The minimum atomic E-state index is -0.946. The Hall–Kier alpha value is -3.07. The first kappa shape index (κ1) is 18.7. The largest absolute Gasteiger partial charge is 0.454 e. The Bertz CT molecular complexity index is 851. The van der Waals surface area contributed by atoms with Gasteiger partial charge in [-0.05, 0) is 24.6 Å². The summed E-state index contributed by atoms with van der Waals surface area (Å²) in [6.07, 6.45) is 0.740. The normalized spacial score (nSPS) is 12.9. The van der Waals surface area contributed by atoms with Gasteiger partial charge >= 0.3 is 5.97 Å². The van der Waals surface area contributed by atoms with Crippen LogP contribution in [-0.2, 0) is 16.1 Å². The molecule has 142 valence electrons. The lowest BCUT2D eigenvalue weighted by atomic mass is 10.2. The van der Waals surface area contributed by atoms with Gasteiger partial charge in [-0.1, -0.05) is 12.1 Å². The van der Waals surface area contributed by atoms with Gasteiger partial charge in [0.05, 0.1) is 0 Å². The van der Waals surface area contributed by atoms with Crippen LogP contribution in [0.2, 0.25) is 0 Å². The lowest BCUT2D eigenvalue weighted by Gasteiger charge is -2.13. The summed E-state index contributed by atoms with van der Waals surface area (Å²) < 4.78 is 15.7. The Kier molecular flexibility index (Phi) is 5.92. The molecule has 1 amide bonds. The van der Waals surface area contributed by atoms with Crippen LogP contribution in [0.15, 0.2) is 36.2 Å². The van der Waals surface area contributed by atoms with Crippen molar-refractivity contribution >= 4 is 28.3 Å². The second-order valence-corrected chi connectivity index (χ2v) is 6.52. The molecule has 8 nitrogen and oxygen atoms in total. The SMILES string of the molecule is C=CCNc1nc(C(=O)O[C@@H](C)C(=O)NCc2ccc3c(c2)OCO3)cs1. The molecule has 0 spiro atoms. The number of hydrogen-bond donors (Lipinski definition) is 2. The van der Waals surface area contributed by atoms with Gasteiger partial charge in [0.1, 0.15) is 0 Å². The highest BCUT2D eigenvalue weighted by Crippen LogP contribution is 2.32. The summed E-state index contributed by atoms with van der Waals surface area (Å²) in [7, 11) is 0. The second kappa shape index (κ2) is 8.54. The second-order valence-electron chi connectivity index (χ2n) is 5.66. The molecule has 2 N–H and O–H groups in total. The predicted octanol–water partition coefficient (Wildman–Crippen LogP) is 2.33. The molecule has 2 heterocycles. The molecule has 3 rings (SSSR count). The molecule has 9 heteroatoms. The van der Waals surface area contributed by atoms with Crippen molar-refractivity contribution in [1.29, 1.82) is 0 Å². The smallest absolute Gasteiger partial charge is 0.358 e. The maximum atomic E-state index is 12.2. The zero-order valence-corrected chi connectivity index (χ0v) is 15.5. The fourth-order valence-electron chi connectivity index (χ4n) is 2.27. The van der Waals surface area contributed by atoms with Gasteiger partial charge in [-0.2, -0.15) is 0 Å². The van der Waals surface area contributed by atoms with Crippen LogP contribution in [-0.4, -0.2) is 36.3 Å². The monoisotopic (exact) mass is 389 g/mol. The summed E-state index contributed by atoms with van der Waals surface area (Å²) in [5.41, 5.74) is 1.01. The fourth-order valence-corrected chi connectivity index (χ4v) is 2.96. The quantitative estimate of drug-likeness (QED) is 0.528. The highest BCUT2D eigenvalue weighted by molar-refractivity contribution is 7.13. The van der Waals surface area contributed by atoms with Gasteiger partial charge in [-0.15, -0.1) is 17.9 Å². The minimum absolute atomic E-state index is 0.155. The van der Waals surface area contributed by atoms with Crippen molar-refractivity contribution in [3.8, 4) is 11.5 Å². The molecule has 0 bridgehead atoms.